The van der Waals surface area contributed by atoms with Crippen LogP contribution in [0.2, 0.25) is 0 Å². The third-order valence-corrected chi connectivity index (χ3v) is 5.55. The Bertz CT molecular complexity index is 1600. The van der Waals surface area contributed by atoms with Gasteiger partial charge < -0.3 is 19.3 Å². The first-order valence-corrected chi connectivity index (χ1v) is 11.5. The van der Waals surface area contributed by atoms with Crippen LogP contribution in [0.3, 0.4) is 0 Å². The number of anilines is 1. The van der Waals surface area contributed by atoms with E-state index in [1.165, 1.54) is 12.1 Å². The van der Waals surface area contributed by atoms with Gasteiger partial charge in [-0.1, -0.05) is 36.4 Å². The molecular weight excluding hydrogens is 474 g/mol. The van der Waals surface area contributed by atoms with Crippen LogP contribution >= 0.6 is 12.2 Å². The number of benzene rings is 3. The summed E-state index contributed by atoms with van der Waals surface area (Å²) in [7, 11) is 0. The lowest BCUT2D eigenvalue weighted by atomic mass is 10.2. The van der Waals surface area contributed by atoms with Crippen molar-refractivity contribution in [1.82, 2.24) is 10.3 Å². The van der Waals surface area contributed by atoms with Crippen molar-refractivity contribution in [2.24, 2.45) is 0 Å². The maximum atomic E-state index is 12.3. The normalized spacial score (nSPS) is 11.1. The van der Waals surface area contributed by atoms with Gasteiger partial charge in [0.25, 0.3) is 0 Å². The number of amides is 1. The van der Waals surface area contributed by atoms with Crippen molar-refractivity contribution >= 4 is 46.1 Å². The molecule has 3 aromatic carbocycles. The fraction of sp³-hybridized carbons (Fsp3) is 0.0357. The van der Waals surface area contributed by atoms with E-state index in [-0.39, 0.29) is 10.9 Å². The van der Waals surface area contributed by atoms with E-state index in [1.54, 1.807) is 24.3 Å². The summed E-state index contributed by atoms with van der Waals surface area (Å²) in [4.78, 5) is 16.7. The van der Waals surface area contributed by atoms with Crippen LogP contribution in [0, 0.1) is 6.92 Å². The predicted octanol–water partition coefficient (Wildman–Crippen LogP) is 6.30. The second kappa shape index (κ2) is 9.89. The molecule has 5 rings (SSSR count). The highest BCUT2D eigenvalue weighted by molar-refractivity contribution is 7.80. The van der Waals surface area contributed by atoms with Gasteiger partial charge in [0, 0.05) is 23.4 Å². The van der Waals surface area contributed by atoms with E-state index in [1.807, 2.05) is 61.5 Å². The molecule has 0 unspecified atom stereocenters. The predicted molar refractivity (Wildman–Crippen MR) is 143 cm³/mol. The molecule has 8 heteroatoms. The number of carbonyl (C=O) groups is 1. The number of phenols is 1. The number of rotatable bonds is 5. The molecule has 0 bridgehead atoms. The minimum atomic E-state index is -0.423. The van der Waals surface area contributed by atoms with Crippen LogP contribution in [-0.2, 0) is 4.79 Å². The van der Waals surface area contributed by atoms with E-state index in [4.69, 9.17) is 21.1 Å². The SMILES string of the molecule is Cc1ccc2nc(-c3ccc(NC(=S)NC(=O)/C=C/c4ccc(-c5ccccc5)o4)cc3O)oc2c1. The topological polar surface area (TPSA) is 101 Å². The Hall–Kier alpha value is -4.69. The summed E-state index contributed by atoms with van der Waals surface area (Å²) in [6.07, 6.45) is 2.89. The number of phenolic OH excluding ortho intramolecular Hbond substituents is 1. The highest BCUT2D eigenvalue weighted by Crippen LogP contribution is 2.33. The first kappa shape index (κ1) is 23.1. The minimum absolute atomic E-state index is 0.0376. The lowest BCUT2D eigenvalue weighted by Crippen LogP contribution is -2.32. The zero-order chi connectivity index (χ0) is 25.1. The molecule has 0 fully saturated rings. The number of carbonyl (C=O) groups excluding carboxylic acids is 1. The van der Waals surface area contributed by atoms with E-state index < -0.39 is 5.91 Å². The molecule has 2 aromatic heterocycles. The lowest BCUT2D eigenvalue weighted by molar-refractivity contribution is -0.115. The van der Waals surface area contributed by atoms with Gasteiger partial charge in [-0.25, -0.2) is 4.98 Å². The van der Waals surface area contributed by atoms with E-state index >= 15 is 0 Å². The molecule has 0 saturated heterocycles. The molecule has 1 amide bonds. The highest BCUT2D eigenvalue weighted by Gasteiger charge is 2.13. The van der Waals surface area contributed by atoms with Crippen LogP contribution in [-0.4, -0.2) is 21.1 Å². The summed E-state index contributed by atoms with van der Waals surface area (Å²) in [5, 5.41) is 16.1. The summed E-state index contributed by atoms with van der Waals surface area (Å²) in [6, 6.07) is 23.9. The van der Waals surface area contributed by atoms with Gasteiger partial charge in [0.1, 0.15) is 22.8 Å². The van der Waals surface area contributed by atoms with Gasteiger partial charge in [-0.15, -0.1) is 0 Å². The van der Waals surface area contributed by atoms with Crippen molar-refractivity contribution in [2.75, 3.05) is 5.32 Å². The number of furan rings is 1. The molecule has 5 aromatic rings. The summed E-state index contributed by atoms with van der Waals surface area (Å²) in [6.45, 7) is 1.97. The molecule has 0 spiro atoms. The zero-order valence-electron chi connectivity index (χ0n) is 19.2. The van der Waals surface area contributed by atoms with Crippen LogP contribution in [0.5, 0.6) is 5.75 Å². The number of aromatic nitrogens is 1. The first-order valence-electron chi connectivity index (χ1n) is 11.1. The maximum Gasteiger partial charge on any atom is 0.250 e. The van der Waals surface area contributed by atoms with Crippen LogP contribution in [0.1, 0.15) is 11.3 Å². The molecule has 0 aliphatic carbocycles. The smallest absolute Gasteiger partial charge is 0.250 e. The summed E-state index contributed by atoms with van der Waals surface area (Å²) in [5.41, 5.74) is 4.30. The van der Waals surface area contributed by atoms with E-state index in [2.05, 4.69) is 15.6 Å². The fourth-order valence-corrected chi connectivity index (χ4v) is 3.83. The zero-order valence-corrected chi connectivity index (χ0v) is 20.0. The third kappa shape index (κ3) is 5.18. The minimum Gasteiger partial charge on any atom is -0.507 e. The number of thiocarbonyl (C=S) groups is 1. The van der Waals surface area contributed by atoms with Gasteiger partial charge in [0.05, 0.1) is 5.56 Å². The molecule has 0 aliphatic heterocycles. The first-order chi connectivity index (χ1) is 17.4. The van der Waals surface area contributed by atoms with Crippen molar-refractivity contribution in [1.29, 1.82) is 0 Å². The molecule has 0 radical (unpaired) electrons. The third-order valence-electron chi connectivity index (χ3n) is 5.35. The lowest BCUT2D eigenvalue weighted by Gasteiger charge is -2.09. The molecule has 3 N–H and O–H groups in total. The molecule has 0 atom stereocenters. The Kier molecular flexibility index (Phi) is 6.34. The number of hydrogen-bond acceptors (Lipinski definition) is 6. The summed E-state index contributed by atoms with van der Waals surface area (Å²) in [5.74, 6) is 1.10. The van der Waals surface area contributed by atoms with Crippen molar-refractivity contribution in [3.8, 4) is 28.5 Å². The number of aromatic hydroxyl groups is 1. The second-order valence-corrected chi connectivity index (χ2v) is 8.48. The number of fused-ring (bicyclic) bond motifs is 1. The molecule has 0 aliphatic rings. The quantitative estimate of drug-likeness (QED) is 0.194. The standard InChI is InChI=1S/C28H21N3O4S/c1-17-7-12-22-25(15-17)35-27(30-22)21-11-8-19(16-23(21)32)29-28(36)31-26(33)14-10-20-9-13-24(34-20)18-5-3-2-4-6-18/h2-16,32H,1H3,(H2,29,31,33,36)/b14-10+. The van der Waals surface area contributed by atoms with Gasteiger partial charge in [-0.05, 0) is 67.2 Å². The van der Waals surface area contributed by atoms with Crippen molar-refractivity contribution in [3.05, 3.63) is 96.3 Å². The van der Waals surface area contributed by atoms with E-state index in [9.17, 15) is 9.90 Å². The van der Waals surface area contributed by atoms with E-state index in [0.717, 1.165) is 11.1 Å². The molecule has 2 heterocycles. The van der Waals surface area contributed by atoms with Crippen LogP contribution in [0.15, 0.2) is 93.8 Å². The monoisotopic (exact) mass is 495 g/mol. The number of oxazole rings is 1. The molecule has 178 valence electrons. The number of hydrogen-bond donors (Lipinski definition) is 3. The number of nitrogens with one attached hydrogen (secondary N) is 2. The summed E-state index contributed by atoms with van der Waals surface area (Å²) >= 11 is 5.22. The van der Waals surface area contributed by atoms with Crippen LogP contribution < -0.4 is 10.6 Å². The van der Waals surface area contributed by atoms with Gasteiger partial charge in [-0.2, -0.15) is 0 Å². The average Bonchev–Trinajstić information content (AvgIpc) is 3.50. The Morgan fingerprint density at radius 3 is 2.64 bits per heavy atom. The van der Waals surface area contributed by atoms with Crippen molar-refractivity contribution in [3.63, 3.8) is 0 Å². The Labute approximate surface area is 212 Å². The largest absolute Gasteiger partial charge is 0.507 e. The number of aryl methyl sites for hydroxylation is 1. The van der Waals surface area contributed by atoms with Gasteiger partial charge in [0.15, 0.2) is 10.7 Å². The Morgan fingerprint density at radius 1 is 1.00 bits per heavy atom. The highest BCUT2D eigenvalue weighted by atomic mass is 32.1. The maximum absolute atomic E-state index is 12.3. The van der Waals surface area contributed by atoms with Crippen molar-refractivity contribution in [2.45, 2.75) is 6.92 Å². The Morgan fingerprint density at radius 2 is 1.83 bits per heavy atom. The Balaban J connectivity index is 1.20. The van der Waals surface area contributed by atoms with Gasteiger partial charge in [-0.3, -0.25) is 10.1 Å². The molecular formula is C28H21N3O4S. The fourth-order valence-electron chi connectivity index (χ4n) is 3.61. The van der Waals surface area contributed by atoms with Gasteiger partial charge in [0.2, 0.25) is 11.8 Å². The average molecular weight is 496 g/mol. The number of nitrogens with zero attached hydrogens (tertiary/aromatic N) is 1. The molecule has 0 saturated carbocycles. The van der Waals surface area contributed by atoms with Gasteiger partial charge >= 0.3 is 0 Å². The second-order valence-electron chi connectivity index (χ2n) is 8.07. The molecule has 7 nitrogen and oxygen atoms in total. The van der Waals surface area contributed by atoms with E-state index in [0.29, 0.717) is 39.8 Å². The van der Waals surface area contributed by atoms with Crippen molar-refractivity contribution < 1.29 is 18.7 Å². The van der Waals surface area contributed by atoms with Crippen LogP contribution in [0.25, 0.3) is 40.0 Å². The molecule has 36 heavy (non-hydrogen) atoms. The van der Waals surface area contributed by atoms with Crippen LogP contribution in [0.4, 0.5) is 5.69 Å². The summed E-state index contributed by atoms with van der Waals surface area (Å²) < 4.78 is 11.5.